The van der Waals surface area contributed by atoms with Crippen LogP contribution in [-0.4, -0.2) is 43.4 Å². The number of imide groups is 1. The van der Waals surface area contributed by atoms with Crippen LogP contribution in [0.4, 0.5) is 4.79 Å². The molecule has 0 spiro atoms. The lowest BCUT2D eigenvalue weighted by Gasteiger charge is -2.23. The molecule has 1 heterocycles. The van der Waals surface area contributed by atoms with Crippen molar-refractivity contribution < 1.29 is 9.59 Å². The van der Waals surface area contributed by atoms with Gasteiger partial charge in [0.2, 0.25) is 11.1 Å². The van der Waals surface area contributed by atoms with Crippen LogP contribution in [0.1, 0.15) is 50.2 Å². The number of benzene rings is 1. The lowest BCUT2D eigenvalue weighted by Crippen LogP contribution is -2.47. The van der Waals surface area contributed by atoms with E-state index < -0.39 is 11.3 Å². The third kappa shape index (κ3) is 5.09. The van der Waals surface area contributed by atoms with Gasteiger partial charge in [-0.3, -0.25) is 10.1 Å². The number of rotatable bonds is 5. The molecular weight excluding hydrogens is 376 g/mol. The molecule has 3 amide bonds. The number of tetrazole rings is 1. The summed E-state index contributed by atoms with van der Waals surface area (Å²) in [7, 11) is 0. The Balaban J connectivity index is 1.60. The fourth-order valence-electron chi connectivity index (χ4n) is 3.34. The third-order valence-electron chi connectivity index (χ3n) is 4.85. The number of aryl methyl sites for hydroxylation is 2. The van der Waals surface area contributed by atoms with Crippen molar-refractivity contribution in [1.82, 2.24) is 30.8 Å². The Hall–Kier alpha value is -2.42. The van der Waals surface area contributed by atoms with E-state index in [2.05, 4.69) is 32.2 Å². The molecule has 1 aliphatic carbocycles. The highest BCUT2D eigenvalue weighted by molar-refractivity contribution is 8.00. The Morgan fingerprint density at radius 2 is 1.96 bits per heavy atom. The number of hydrogen-bond donors (Lipinski definition) is 2. The van der Waals surface area contributed by atoms with Gasteiger partial charge in [0.1, 0.15) is 0 Å². The standard InChI is InChI=1S/C19H26N6O2S/c1-12-9-10-16(13(2)11-12)25-19(22-23-24-25)28-14(3)17(26)21-18(27)20-15-7-5-4-6-8-15/h9-11,14-15H,4-8H2,1-3H3,(H2,20,21,26,27)/t14-/m0/s1. The minimum Gasteiger partial charge on any atom is -0.335 e. The van der Waals surface area contributed by atoms with Gasteiger partial charge in [0.05, 0.1) is 10.9 Å². The van der Waals surface area contributed by atoms with Gasteiger partial charge in [-0.1, -0.05) is 48.7 Å². The number of aromatic nitrogens is 4. The van der Waals surface area contributed by atoms with Gasteiger partial charge in [0, 0.05) is 6.04 Å². The Bertz CT molecular complexity index is 847. The second kappa shape index (κ2) is 9.18. The second-order valence-corrected chi connectivity index (χ2v) is 8.53. The van der Waals surface area contributed by atoms with Crippen LogP contribution in [0.3, 0.4) is 0 Å². The van der Waals surface area contributed by atoms with Gasteiger partial charge in [0.15, 0.2) is 0 Å². The number of nitrogens with one attached hydrogen (secondary N) is 2. The predicted octanol–water partition coefficient (Wildman–Crippen LogP) is 2.92. The summed E-state index contributed by atoms with van der Waals surface area (Å²) in [6.45, 7) is 5.75. The molecule has 1 saturated carbocycles. The van der Waals surface area contributed by atoms with E-state index in [0.717, 1.165) is 42.5 Å². The molecular formula is C19H26N6O2S. The highest BCUT2D eigenvalue weighted by Gasteiger charge is 2.23. The molecule has 9 heteroatoms. The largest absolute Gasteiger partial charge is 0.335 e. The molecule has 0 aliphatic heterocycles. The van der Waals surface area contributed by atoms with Crippen LogP contribution in [0.5, 0.6) is 0 Å². The first-order chi connectivity index (χ1) is 13.4. The van der Waals surface area contributed by atoms with Crippen LogP contribution in [0.2, 0.25) is 0 Å². The summed E-state index contributed by atoms with van der Waals surface area (Å²) >= 11 is 1.22. The highest BCUT2D eigenvalue weighted by atomic mass is 32.2. The first-order valence-electron chi connectivity index (χ1n) is 9.58. The van der Waals surface area contributed by atoms with Gasteiger partial charge in [-0.15, -0.1) is 5.10 Å². The first-order valence-corrected chi connectivity index (χ1v) is 10.5. The van der Waals surface area contributed by atoms with Gasteiger partial charge in [-0.25, -0.2) is 4.79 Å². The van der Waals surface area contributed by atoms with Crippen molar-refractivity contribution in [2.45, 2.75) is 69.3 Å². The predicted molar refractivity (Wildman–Crippen MR) is 107 cm³/mol. The van der Waals surface area contributed by atoms with Crippen LogP contribution < -0.4 is 10.6 Å². The number of carbonyl (C=O) groups is 2. The van der Waals surface area contributed by atoms with E-state index in [0.29, 0.717) is 5.16 Å². The Labute approximate surface area is 168 Å². The number of carbonyl (C=O) groups excluding carboxylic acids is 2. The van der Waals surface area contributed by atoms with Crippen LogP contribution in [-0.2, 0) is 4.79 Å². The fourth-order valence-corrected chi connectivity index (χ4v) is 4.14. The van der Waals surface area contributed by atoms with E-state index in [1.54, 1.807) is 11.6 Å². The van der Waals surface area contributed by atoms with Gasteiger partial charge in [0.25, 0.3) is 0 Å². The topological polar surface area (TPSA) is 102 Å². The van der Waals surface area contributed by atoms with Crippen LogP contribution >= 0.6 is 11.8 Å². The van der Waals surface area contributed by atoms with E-state index in [1.807, 2.05) is 26.0 Å². The molecule has 28 heavy (non-hydrogen) atoms. The smallest absolute Gasteiger partial charge is 0.321 e. The number of urea groups is 1. The van der Waals surface area contributed by atoms with Gasteiger partial charge in [-0.05, 0) is 55.7 Å². The number of hydrogen-bond acceptors (Lipinski definition) is 6. The molecule has 8 nitrogen and oxygen atoms in total. The maximum Gasteiger partial charge on any atom is 0.321 e. The highest BCUT2D eigenvalue weighted by Crippen LogP contribution is 2.25. The number of nitrogens with zero attached hydrogens (tertiary/aromatic N) is 4. The summed E-state index contributed by atoms with van der Waals surface area (Å²) in [6.07, 6.45) is 5.38. The van der Waals surface area contributed by atoms with E-state index in [9.17, 15) is 9.59 Å². The summed E-state index contributed by atoms with van der Waals surface area (Å²) in [5.74, 6) is -0.367. The Morgan fingerprint density at radius 3 is 2.68 bits per heavy atom. The monoisotopic (exact) mass is 402 g/mol. The van der Waals surface area contributed by atoms with Crippen molar-refractivity contribution >= 4 is 23.7 Å². The third-order valence-corrected chi connectivity index (χ3v) is 5.88. The lowest BCUT2D eigenvalue weighted by molar-refractivity contribution is -0.119. The summed E-state index contributed by atoms with van der Waals surface area (Å²) < 4.78 is 1.62. The van der Waals surface area contributed by atoms with Gasteiger partial charge < -0.3 is 5.32 Å². The molecule has 1 aromatic carbocycles. The molecule has 0 saturated heterocycles. The molecule has 1 fully saturated rings. The van der Waals surface area contributed by atoms with Gasteiger partial charge in [-0.2, -0.15) is 4.68 Å². The molecule has 2 N–H and O–H groups in total. The van der Waals surface area contributed by atoms with Crippen molar-refractivity contribution in [3.8, 4) is 5.69 Å². The van der Waals surface area contributed by atoms with Crippen LogP contribution in [0.15, 0.2) is 23.4 Å². The van der Waals surface area contributed by atoms with E-state index in [-0.39, 0.29) is 11.9 Å². The summed E-state index contributed by atoms with van der Waals surface area (Å²) in [6, 6.07) is 5.72. The molecule has 2 aromatic rings. The zero-order chi connectivity index (χ0) is 20.1. The van der Waals surface area contributed by atoms with Crippen molar-refractivity contribution in [3.05, 3.63) is 29.3 Å². The molecule has 1 aliphatic rings. The first kappa shape index (κ1) is 20.3. The van der Waals surface area contributed by atoms with E-state index in [1.165, 1.54) is 18.2 Å². The number of amides is 3. The molecule has 150 valence electrons. The Morgan fingerprint density at radius 1 is 1.21 bits per heavy atom. The Kier molecular flexibility index (Phi) is 6.66. The minimum atomic E-state index is -0.521. The summed E-state index contributed by atoms with van der Waals surface area (Å²) in [4.78, 5) is 24.5. The van der Waals surface area contributed by atoms with Crippen LogP contribution in [0.25, 0.3) is 5.69 Å². The average Bonchev–Trinajstić information content (AvgIpc) is 3.10. The van der Waals surface area contributed by atoms with Crippen LogP contribution in [0, 0.1) is 13.8 Å². The van der Waals surface area contributed by atoms with Crippen molar-refractivity contribution in [3.63, 3.8) is 0 Å². The number of thioether (sulfide) groups is 1. The molecule has 1 aromatic heterocycles. The molecule has 0 bridgehead atoms. The average molecular weight is 403 g/mol. The SMILES string of the molecule is Cc1ccc(-n2nnnc2S[C@@H](C)C(=O)NC(=O)NC2CCCCC2)c(C)c1. The van der Waals surface area contributed by atoms with Crippen molar-refractivity contribution in [1.29, 1.82) is 0 Å². The van der Waals surface area contributed by atoms with Crippen molar-refractivity contribution in [2.24, 2.45) is 0 Å². The lowest BCUT2D eigenvalue weighted by atomic mass is 9.96. The summed E-state index contributed by atoms with van der Waals surface area (Å²) in [5.41, 5.74) is 3.05. The molecule has 1 atom stereocenters. The van der Waals surface area contributed by atoms with Gasteiger partial charge >= 0.3 is 6.03 Å². The molecule has 3 rings (SSSR count). The summed E-state index contributed by atoms with van der Waals surface area (Å²) in [5, 5.41) is 17.1. The molecule has 0 unspecified atom stereocenters. The fraction of sp³-hybridized carbons (Fsp3) is 0.526. The maximum atomic E-state index is 12.4. The van der Waals surface area contributed by atoms with Crippen molar-refractivity contribution in [2.75, 3.05) is 0 Å². The normalized spacial score (nSPS) is 15.8. The zero-order valence-electron chi connectivity index (χ0n) is 16.4. The minimum absolute atomic E-state index is 0.154. The molecule has 0 radical (unpaired) electrons. The quantitative estimate of drug-likeness (QED) is 0.746. The van der Waals surface area contributed by atoms with E-state index in [4.69, 9.17) is 0 Å². The second-order valence-electron chi connectivity index (χ2n) is 7.22. The zero-order valence-corrected chi connectivity index (χ0v) is 17.3. The van der Waals surface area contributed by atoms with E-state index >= 15 is 0 Å². The maximum absolute atomic E-state index is 12.4.